The standard InChI is InChI=1S/C20H27N5O/c1-15(26)23(2)17-9-13-25(14-10-17)19-22-21-18(24(19)3)20(11-12-20)16-7-5-4-6-8-16/h4-8,17H,9-14H2,1-3H3. The zero-order chi connectivity index (χ0) is 18.3. The maximum absolute atomic E-state index is 11.6. The first kappa shape index (κ1) is 17.1. The van der Waals surface area contributed by atoms with Gasteiger partial charge in [0.25, 0.3) is 0 Å². The van der Waals surface area contributed by atoms with Crippen LogP contribution in [0.3, 0.4) is 0 Å². The molecule has 26 heavy (non-hydrogen) atoms. The minimum absolute atomic E-state index is 0.0361. The summed E-state index contributed by atoms with van der Waals surface area (Å²) in [6.07, 6.45) is 4.22. The molecule has 1 amide bonds. The van der Waals surface area contributed by atoms with Crippen molar-refractivity contribution in [3.63, 3.8) is 0 Å². The Hall–Kier alpha value is -2.37. The second kappa shape index (κ2) is 6.41. The van der Waals surface area contributed by atoms with Crippen LogP contribution in [0, 0.1) is 0 Å². The number of amides is 1. The zero-order valence-electron chi connectivity index (χ0n) is 15.9. The number of benzene rings is 1. The van der Waals surface area contributed by atoms with Gasteiger partial charge in [-0.25, -0.2) is 0 Å². The number of rotatable bonds is 4. The first-order chi connectivity index (χ1) is 12.5. The molecule has 1 aliphatic carbocycles. The van der Waals surface area contributed by atoms with Gasteiger partial charge < -0.3 is 9.80 Å². The summed E-state index contributed by atoms with van der Waals surface area (Å²) in [7, 11) is 3.99. The number of carbonyl (C=O) groups is 1. The Balaban J connectivity index is 1.52. The Bertz CT molecular complexity index is 788. The number of hydrogen-bond acceptors (Lipinski definition) is 4. The molecule has 6 nitrogen and oxygen atoms in total. The lowest BCUT2D eigenvalue weighted by molar-refractivity contribution is -0.129. The van der Waals surface area contributed by atoms with Gasteiger partial charge in [-0.1, -0.05) is 30.3 Å². The number of carbonyl (C=O) groups excluding carboxylic acids is 1. The van der Waals surface area contributed by atoms with E-state index in [1.807, 2.05) is 11.9 Å². The molecular formula is C20H27N5O. The smallest absolute Gasteiger partial charge is 0.226 e. The molecule has 2 heterocycles. The third kappa shape index (κ3) is 2.77. The summed E-state index contributed by atoms with van der Waals surface area (Å²) in [6, 6.07) is 11.0. The Kier molecular flexibility index (Phi) is 4.21. The highest BCUT2D eigenvalue weighted by Crippen LogP contribution is 2.52. The predicted molar refractivity (Wildman–Crippen MR) is 101 cm³/mol. The average molecular weight is 353 g/mol. The van der Waals surface area contributed by atoms with Crippen LogP contribution in [0.4, 0.5) is 5.95 Å². The van der Waals surface area contributed by atoms with Gasteiger partial charge in [-0.3, -0.25) is 9.36 Å². The third-order valence-corrected chi connectivity index (χ3v) is 6.15. The molecule has 4 rings (SSSR count). The second-order valence-corrected chi connectivity index (χ2v) is 7.68. The highest BCUT2D eigenvalue weighted by Gasteiger charge is 2.50. The van der Waals surface area contributed by atoms with E-state index >= 15 is 0 Å². The molecule has 138 valence electrons. The van der Waals surface area contributed by atoms with E-state index < -0.39 is 0 Å². The van der Waals surface area contributed by atoms with Crippen molar-refractivity contribution in [2.75, 3.05) is 25.0 Å². The van der Waals surface area contributed by atoms with E-state index in [0.717, 1.165) is 50.5 Å². The lowest BCUT2D eigenvalue weighted by atomic mass is 9.95. The van der Waals surface area contributed by atoms with Crippen LogP contribution < -0.4 is 4.90 Å². The summed E-state index contributed by atoms with van der Waals surface area (Å²) < 4.78 is 2.18. The molecule has 0 atom stereocenters. The highest BCUT2D eigenvalue weighted by molar-refractivity contribution is 5.73. The van der Waals surface area contributed by atoms with Crippen LogP contribution in [0.1, 0.15) is 44.0 Å². The second-order valence-electron chi connectivity index (χ2n) is 7.68. The molecule has 0 radical (unpaired) electrons. The van der Waals surface area contributed by atoms with Crippen molar-refractivity contribution in [1.82, 2.24) is 19.7 Å². The van der Waals surface area contributed by atoms with Crippen molar-refractivity contribution in [2.45, 2.75) is 44.1 Å². The molecule has 1 saturated heterocycles. The first-order valence-corrected chi connectivity index (χ1v) is 9.47. The van der Waals surface area contributed by atoms with Crippen LogP contribution in [-0.4, -0.2) is 51.8 Å². The number of nitrogens with zero attached hydrogens (tertiary/aromatic N) is 5. The fraction of sp³-hybridized carbons (Fsp3) is 0.550. The average Bonchev–Trinajstić information content (AvgIpc) is 3.38. The Morgan fingerprint density at radius 3 is 2.38 bits per heavy atom. The van der Waals surface area contributed by atoms with Crippen LogP contribution >= 0.6 is 0 Å². The number of hydrogen-bond donors (Lipinski definition) is 0. The van der Waals surface area contributed by atoms with Crippen molar-refractivity contribution < 1.29 is 4.79 Å². The molecule has 1 aromatic heterocycles. The Labute approximate surface area is 154 Å². The molecule has 0 bridgehead atoms. The lowest BCUT2D eigenvalue weighted by Gasteiger charge is -2.36. The lowest BCUT2D eigenvalue weighted by Crippen LogP contribution is -2.45. The molecule has 2 fully saturated rings. The maximum Gasteiger partial charge on any atom is 0.226 e. The summed E-state index contributed by atoms with van der Waals surface area (Å²) >= 11 is 0. The first-order valence-electron chi connectivity index (χ1n) is 9.47. The molecule has 2 aromatic rings. The van der Waals surface area contributed by atoms with Crippen LogP contribution in [0.25, 0.3) is 0 Å². The predicted octanol–water partition coefficient (Wildman–Crippen LogP) is 2.34. The van der Waals surface area contributed by atoms with E-state index in [1.165, 1.54) is 5.56 Å². The third-order valence-electron chi connectivity index (χ3n) is 6.15. The molecule has 1 aliphatic heterocycles. The molecular weight excluding hydrogens is 326 g/mol. The van der Waals surface area contributed by atoms with E-state index in [-0.39, 0.29) is 11.3 Å². The van der Waals surface area contributed by atoms with Crippen molar-refractivity contribution in [3.05, 3.63) is 41.7 Å². The SMILES string of the molecule is CC(=O)N(C)C1CCN(c2nnc(C3(c4ccccc4)CC3)n2C)CC1. The van der Waals surface area contributed by atoms with Gasteiger partial charge in [0.05, 0.1) is 5.41 Å². The van der Waals surface area contributed by atoms with Gasteiger partial charge in [-0.15, -0.1) is 10.2 Å². The Morgan fingerprint density at radius 2 is 1.81 bits per heavy atom. The van der Waals surface area contributed by atoms with E-state index in [9.17, 15) is 4.79 Å². The summed E-state index contributed by atoms with van der Waals surface area (Å²) in [5, 5.41) is 9.13. The summed E-state index contributed by atoms with van der Waals surface area (Å²) in [5.74, 6) is 2.16. The fourth-order valence-corrected chi connectivity index (χ4v) is 4.25. The normalized spacial score (nSPS) is 19.4. The quantitative estimate of drug-likeness (QED) is 0.847. The van der Waals surface area contributed by atoms with Gasteiger partial charge in [0.15, 0.2) is 0 Å². The monoisotopic (exact) mass is 353 g/mol. The molecule has 1 saturated carbocycles. The van der Waals surface area contributed by atoms with Crippen LogP contribution in [0.5, 0.6) is 0 Å². The molecule has 0 N–H and O–H groups in total. The molecule has 6 heteroatoms. The summed E-state index contributed by atoms with van der Waals surface area (Å²) in [4.78, 5) is 15.8. The van der Waals surface area contributed by atoms with Crippen LogP contribution in [0.2, 0.25) is 0 Å². The van der Waals surface area contributed by atoms with Crippen molar-refractivity contribution in [2.24, 2.45) is 7.05 Å². The van der Waals surface area contributed by atoms with Gasteiger partial charge in [-0.05, 0) is 31.2 Å². The largest absolute Gasteiger partial charge is 0.343 e. The van der Waals surface area contributed by atoms with Gasteiger partial charge in [-0.2, -0.15) is 0 Å². The molecule has 2 aliphatic rings. The summed E-state index contributed by atoms with van der Waals surface area (Å²) in [5.41, 5.74) is 1.37. The molecule has 0 unspecified atom stereocenters. The summed E-state index contributed by atoms with van der Waals surface area (Å²) in [6.45, 7) is 3.46. The number of piperidine rings is 1. The highest BCUT2D eigenvalue weighted by atomic mass is 16.2. The van der Waals surface area contributed by atoms with Crippen molar-refractivity contribution in [1.29, 1.82) is 0 Å². The van der Waals surface area contributed by atoms with Gasteiger partial charge in [0.2, 0.25) is 11.9 Å². The van der Waals surface area contributed by atoms with E-state index in [0.29, 0.717) is 6.04 Å². The number of aromatic nitrogens is 3. The van der Waals surface area contributed by atoms with Crippen molar-refractivity contribution in [3.8, 4) is 0 Å². The van der Waals surface area contributed by atoms with Gasteiger partial charge >= 0.3 is 0 Å². The minimum atomic E-state index is 0.0361. The maximum atomic E-state index is 11.6. The molecule has 1 aromatic carbocycles. The van der Waals surface area contributed by atoms with E-state index in [1.54, 1.807) is 6.92 Å². The number of anilines is 1. The fourth-order valence-electron chi connectivity index (χ4n) is 4.25. The van der Waals surface area contributed by atoms with E-state index in [4.69, 9.17) is 0 Å². The van der Waals surface area contributed by atoms with E-state index in [2.05, 4.69) is 57.0 Å². The minimum Gasteiger partial charge on any atom is -0.343 e. The van der Waals surface area contributed by atoms with Crippen LogP contribution in [0.15, 0.2) is 30.3 Å². The van der Waals surface area contributed by atoms with Crippen molar-refractivity contribution >= 4 is 11.9 Å². The van der Waals surface area contributed by atoms with Crippen LogP contribution in [-0.2, 0) is 17.3 Å². The Morgan fingerprint density at radius 1 is 1.15 bits per heavy atom. The van der Waals surface area contributed by atoms with Gasteiger partial charge in [0.1, 0.15) is 5.82 Å². The topological polar surface area (TPSA) is 54.3 Å². The van der Waals surface area contributed by atoms with Gasteiger partial charge in [0, 0.05) is 40.2 Å². The zero-order valence-corrected chi connectivity index (χ0v) is 15.9. The molecule has 0 spiro atoms.